The topological polar surface area (TPSA) is 90.3 Å². The third-order valence-electron chi connectivity index (χ3n) is 5.09. The predicted molar refractivity (Wildman–Crippen MR) is 115 cm³/mol. The summed E-state index contributed by atoms with van der Waals surface area (Å²) in [4.78, 5) is 40.0. The summed E-state index contributed by atoms with van der Waals surface area (Å²) >= 11 is 3.34. The summed E-state index contributed by atoms with van der Waals surface area (Å²) in [5.41, 5.74) is 1.17. The molecule has 2 aromatic rings. The molecule has 148 valence electrons. The summed E-state index contributed by atoms with van der Waals surface area (Å²) in [6.07, 6.45) is -0.243. The van der Waals surface area contributed by atoms with Crippen molar-refractivity contribution >= 4 is 50.8 Å². The number of ketones is 1. The van der Waals surface area contributed by atoms with Crippen molar-refractivity contribution in [2.75, 3.05) is 10.2 Å². The SMILES string of the molecule is Cc1cccc(C)c1NC(=O)CC1(C)C(=O)C(=C=N)C(=O)N1c1ccc(Br)cc1. The van der Waals surface area contributed by atoms with Crippen LogP contribution in [0.25, 0.3) is 0 Å². The molecule has 3 rings (SSSR count). The lowest BCUT2D eigenvalue weighted by Gasteiger charge is -2.32. The molecule has 0 aromatic heterocycles. The van der Waals surface area contributed by atoms with Crippen LogP contribution in [0.4, 0.5) is 11.4 Å². The number of nitrogens with zero attached hydrogens (tertiary/aromatic N) is 1. The Hall–Kier alpha value is -3.02. The van der Waals surface area contributed by atoms with Crippen LogP contribution in [0.15, 0.2) is 52.5 Å². The number of rotatable bonds is 4. The van der Waals surface area contributed by atoms with E-state index < -0.39 is 17.2 Å². The number of carbonyl (C=O) groups excluding carboxylic acids is 3. The highest BCUT2D eigenvalue weighted by Crippen LogP contribution is 2.37. The van der Waals surface area contributed by atoms with Crippen molar-refractivity contribution in [1.29, 1.82) is 5.41 Å². The second kappa shape index (κ2) is 7.78. The van der Waals surface area contributed by atoms with Crippen molar-refractivity contribution in [2.45, 2.75) is 32.7 Å². The Bertz CT molecular complexity index is 1050. The zero-order valence-electron chi connectivity index (χ0n) is 16.3. The lowest BCUT2D eigenvalue weighted by molar-refractivity contribution is -0.124. The molecule has 2 amide bonds. The molecule has 0 aliphatic carbocycles. The summed E-state index contributed by atoms with van der Waals surface area (Å²) < 4.78 is 0.816. The number of anilines is 2. The van der Waals surface area contributed by atoms with E-state index in [0.29, 0.717) is 11.4 Å². The van der Waals surface area contributed by atoms with Crippen LogP contribution in [0.1, 0.15) is 24.5 Å². The smallest absolute Gasteiger partial charge is 0.272 e. The molecule has 2 N–H and O–H groups in total. The molecule has 0 saturated carbocycles. The fourth-order valence-corrected chi connectivity index (χ4v) is 3.84. The minimum absolute atomic E-state index is 0.243. The Labute approximate surface area is 177 Å². The molecule has 2 aromatic carbocycles. The van der Waals surface area contributed by atoms with Crippen LogP contribution in [0.2, 0.25) is 0 Å². The number of nitrogens with one attached hydrogen (secondary N) is 2. The van der Waals surface area contributed by atoms with E-state index in [1.165, 1.54) is 4.90 Å². The number of amides is 2. The second-order valence-electron chi connectivity index (χ2n) is 7.21. The molecule has 0 radical (unpaired) electrons. The fraction of sp³-hybridized carbons (Fsp3) is 0.227. The van der Waals surface area contributed by atoms with Crippen molar-refractivity contribution in [2.24, 2.45) is 0 Å². The molecule has 1 unspecified atom stereocenters. The average molecular weight is 454 g/mol. The van der Waals surface area contributed by atoms with Crippen LogP contribution in [0, 0.1) is 19.3 Å². The maximum absolute atomic E-state index is 13.0. The van der Waals surface area contributed by atoms with Gasteiger partial charge in [0.25, 0.3) is 5.91 Å². The van der Waals surface area contributed by atoms with Gasteiger partial charge in [-0.2, -0.15) is 0 Å². The molecule has 7 heteroatoms. The highest BCUT2D eigenvalue weighted by Gasteiger charge is 2.54. The van der Waals surface area contributed by atoms with Gasteiger partial charge in [0.1, 0.15) is 11.1 Å². The first kappa shape index (κ1) is 20.7. The third-order valence-corrected chi connectivity index (χ3v) is 5.62. The number of hydrogen-bond donors (Lipinski definition) is 2. The molecule has 6 nitrogen and oxygen atoms in total. The van der Waals surface area contributed by atoms with Gasteiger partial charge >= 0.3 is 0 Å². The average Bonchev–Trinajstić information content (AvgIpc) is 2.84. The predicted octanol–water partition coefficient (Wildman–Crippen LogP) is 3.94. The highest BCUT2D eigenvalue weighted by molar-refractivity contribution is 9.10. The molecule has 1 atom stereocenters. The Kier molecular flexibility index (Phi) is 5.55. The van der Waals surface area contributed by atoms with E-state index in [1.807, 2.05) is 37.9 Å². The molecule has 0 bridgehead atoms. The van der Waals surface area contributed by atoms with Gasteiger partial charge in [0, 0.05) is 15.8 Å². The maximum Gasteiger partial charge on any atom is 0.272 e. The van der Waals surface area contributed by atoms with Gasteiger partial charge in [0.05, 0.1) is 6.42 Å². The summed E-state index contributed by atoms with van der Waals surface area (Å²) in [6.45, 7) is 5.32. The standard InChI is InChI=1S/C22H20BrN3O3/c1-13-5-4-6-14(2)19(13)25-18(27)11-22(3)20(28)17(12-24)21(29)26(22)16-9-7-15(23)8-10-16/h4-10,24H,11H2,1-3H3,(H,25,27). The van der Waals surface area contributed by atoms with Gasteiger partial charge in [0.15, 0.2) is 0 Å². The molecule has 0 spiro atoms. The first-order valence-electron chi connectivity index (χ1n) is 8.99. The van der Waals surface area contributed by atoms with Gasteiger partial charge in [-0.3, -0.25) is 24.7 Å². The van der Waals surface area contributed by atoms with E-state index in [2.05, 4.69) is 21.2 Å². The lowest BCUT2D eigenvalue weighted by atomic mass is 9.90. The Morgan fingerprint density at radius 3 is 2.28 bits per heavy atom. The molecule has 1 saturated heterocycles. The van der Waals surface area contributed by atoms with E-state index in [-0.39, 0.29) is 17.9 Å². The number of halogens is 1. The molecular formula is C22H20BrN3O3. The number of carbonyl (C=O) groups is 3. The zero-order valence-corrected chi connectivity index (χ0v) is 17.9. The maximum atomic E-state index is 13.0. The van der Waals surface area contributed by atoms with Gasteiger partial charge in [0.2, 0.25) is 11.7 Å². The number of aryl methyl sites for hydroxylation is 2. The molecule has 1 heterocycles. The number of Topliss-reactive ketones (excluding diaryl/α,β-unsaturated/α-hetero) is 1. The van der Waals surface area contributed by atoms with Crippen molar-refractivity contribution in [3.8, 4) is 0 Å². The van der Waals surface area contributed by atoms with Crippen molar-refractivity contribution < 1.29 is 14.4 Å². The van der Waals surface area contributed by atoms with Gasteiger partial charge in [-0.05, 0) is 62.0 Å². The van der Waals surface area contributed by atoms with E-state index in [9.17, 15) is 14.4 Å². The van der Waals surface area contributed by atoms with Gasteiger partial charge < -0.3 is 5.32 Å². The number of benzene rings is 2. The van der Waals surface area contributed by atoms with E-state index in [0.717, 1.165) is 15.6 Å². The quantitative estimate of drug-likeness (QED) is 0.417. The van der Waals surface area contributed by atoms with Gasteiger partial charge in [-0.15, -0.1) is 0 Å². The van der Waals surface area contributed by atoms with Crippen LogP contribution in [0.3, 0.4) is 0 Å². The van der Waals surface area contributed by atoms with E-state index in [1.54, 1.807) is 31.2 Å². The van der Waals surface area contributed by atoms with Crippen LogP contribution in [-0.2, 0) is 14.4 Å². The zero-order chi connectivity index (χ0) is 21.3. The normalized spacial score (nSPS) is 18.8. The van der Waals surface area contributed by atoms with Crippen LogP contribution in [-0.4, -0.2) is 29.0 Å². The first-order valence-corrected chi connectivity index (χ1v) is 9.79. The van der Waals surface area contributed by atoms with Crippen LogP contribution in [0.5, 0.6) is 0 Å². The highest BCUT2D eigenvalue weighted by atomic mass is 79.9. The summed E-state index contributed by atoms with van der Waals surface area (Å²) in [6, 6.07) is 12.5. The van der Waals surface area contributed by atoms with Crippen molar-refractivity contribution in [3.05, 3.63) is 63.6 Å². The van der Waals surface area contributed by atoms with Crippen molar-refractivity contribution in [3.63, 3.8) is 0 Å². The van der Waals surface area contributed by atoms with Crippen molar-refractivity contribution in [1.82, 2.24) is 0 Å². The third kappa shape index (κ3) is 3.67. The Morgan fingerprint density at radius 2 is 1.72 bits per heavy atom. The monoisotopic (exact) mass is 453 g/mol. The number of para-hydroxylation sites is 1. The van der Waals surface area contributed by atoms with Gasteiger partial charge in [-0.1, -0.05) is 34.1 Å². The second-order valence-corrected chi connectivity index (χ2v) is 8.13. The van der Waals surface area contributed by atoms with Crippen LogP contribution >= 0.6 is 15.9 Å². The van der Waals surface area contributed by atoms with E-state index in [4.69, 9.17) is 5.41 Å². The fourth-order valence-electron chi connectivity index (χ4n) is 3.57. The molecule has 29 heavy (non-hydrogen) atoms. The molecule has 1 aliphatic rings. The van der Waals surface area contributed by atoms with Crippen LogP contribution < -0.4 is 10.2 Å². The molecular weight excluding hydrogens is 434 g/mol. The van der Waals surface area contributed by atoms with Gasteiger partial charge in [-0.25, -0.2) is 0 Å². The molecule has 1 aliphatic heterocycles. The Morgan fingerprint density at radius 1 is 1.14 bits per heavy atom. The first-order chi connectivity index (χ1) is 13.7. The Balaban J connectivity index is 1.98. The van der Waals surface area contributed by atoms with E-state index >= 15 is 0 Å². The molecule has 1 fully saturated rings. The summed E-state index contributed by atoms with van der Waals surface area (Å²) in [5.74, 6) is 0.350. The largest absolute Gasteiger partial charge is 0.326 e. The number of hydrogen-bond acceptors (Lipinski definition) is 4. The summed E-state index contributed by atoms with van der Waals surface area (Å²) in [7, 11) is 0. The lowest BCUT2D eigenvalue weighted by Crippen LogP contribution is -2.49. The minimum atomic E-state index is -1.45. The minimum Gasteiger partial charge on any atom is -0.326 e. The summed E-state index contributed by atoms with van der Waals surface area (Å²) in [5, 5.41) is 10.2.